The van der Waals surface area contributed by atoms with Gasteiger partial charge in [0.15, 0.2) is 0 Å². The van der Waals surface area contributed by atoms with Gasteiger partial charge in [0.1, 0.15) is 0 Å². The number of carbonyl (C=O) groups is 1. The molecular formula is C18H16F3NOS. The van der Waals surface area contributed by atoms with Gasteiger partial charge >= 0.3 is 6.18 Å². The second-order valence-corrected chi connectivity index (χ2v) is 6.08. The molecule has 2 aromatic rings. The van der Waals surface area contributed by atoms with Crippen LogP contribution in [0.15, 0.2) is 66.1 Å². The van der Waals surface area contributed by atoms with Crippen molar-refractivity contribution >= 4 is 23.4 Å². The number of para-hydroxylation sites is 1. The van der Waals surface area contributed by atoms with E-state index in [4.69, 9.17) is 0 Å². The summed E-state index contributed by atoms with van der Waals surface area (Å²) < 4.78 is 37.6. The average molecular weight is 351 g/mol. The first-order chi connectivity index (χ1) is 11.4. The number of carbonyl (C=O) groups excluding carboxylic acids is 1. The SMILES string of the molecule is C=CCSc1ccccc1NC(=O)Cc1ccc(C(F)(F)F)cc1. The molecule has 0 fully saturated rings. The topological polar surface area (TPSA) is 29.1 Å². The van der Waals surface area contributed by atoms with E-state index in [0.717, 1.165) is 17.0 Å². The fraction of sp³-hybridized carbons (Fsp3) is 0.167. The number of hydrogen-bond acceptors (Lipinski definition) is 2. The van der Waals surface area contributed by atoms with Crippen LogP contribution in [0.25, 0.3) is 0 Å². The molecule has 0 bridgehead atoms. The van der Waals surface area contributed by atoms with Gasteiger partial charge in [0.2, 0.25) is 5.91 Å². The molecule has 0 saturated heterocycles. The highest BCUT2D eigenvalue weighted by atomic mass is 32.2. The quantitative estimate of drug-likeness (QED) is 0.575. The van der Waals surface area contributed by atoms with Crippen molar-refractivity contribution in [3.63, 3.8) is 0 Å². The van der Waals surface area contributed by atoms with Crippen molar-refractivity contribution in [3.05, 3.63) is 72.3 Å². The summed E-state index contributed by atoms with van der Waals surface area (Å²) in [5, 5.41) is 2.80. The van der Waals surface area contributed by atoms with Crippen molar-refractivity contribution in [2.24, 2.45) is 0 Å². The number of anilines is 1. The fourth-order valence-corrected chi connectivity index (χ4v) is 2.78. The van der Waals surface area contributed by atoms with Gasteiger partial charge in [-0.15, -0.1) is 18.3 Å². The van der Waals surface area contributed by atoms with E-state index in [1.165, 1.54) is 12.1 Å². The van der Waals surface area contributed by atoms with Crippen LogP contribution in [0.1, 0.15) is 11.1 Å². The van der Waals surface area contributed by atoms with E-state index < -0.39 is 11.7 Å². The Labute approximate surface area is 142 Å². The van der Waals surface area contributed by atoms with Gasteiger partial charge < -0.3 is 5.32 Å². The molecule has 0 aliphatic rings. The number of hydrogen-bond donors (Lipinski definition) is 1. The molecule has 0 atom stereocenters. The van der Waals surface area contributed by atoms with Crippen LogP contribution < -0.4 is 5.32 Å². The van der Waals surface area contributed by atoms with Gasteiger partial charge in [-0.1, -0.05) is 30.3 Å². The minimum Gasteiger partial charge on any atom is -0.325 e. The summed E-state index contributed by atoms with van der Waals surface area (Å²) in [5.74, 6) is 0.438. The second-order valence-electron chi connectivity index (χ2n) is 5.02. The lowest BCUT2D eigenvalue weighted by atomic mass is 10.1. The maximum absolute atomic E-state index is 12.5. The van der Waals surface area contributed by atoms with E-state index in [-0.39, 0.29) is 12.3 Å². The minimum absolute atomic E-state index is 0.0125. The summed E-state index contributed by atoms with van der Waals surface area (Å²) in [6, 6.07) is 12.0. The van der Waals surface area contributed by atoms with Crippen LogP contribution in [0.5, 0.6) is 0 Å². The second kappa shape index (κ2) is 8.06. The Morgan fingerprint density at radius 3 is 2.42 bits per heavy atom. The van der Waals surface area contributed by atoms with Crippen molar-refractivity contribution in [1.82, 2.24) is 0 Å². The lowest BCUT2D eigenvalue weighted by Crippen LogP contribution is -2.15. The Balaban J connectivity index is 2.02. The fourth-order valence-electron chi connectivity index (χ4n) is 2.04. The molecule has 2 rings (SSSR count). The van der Waals surface area contributed by atoms with Crippen LogP contribution in [0, 0.1) is 0 Å². The van der Waals surface area contributed by atoms with E-state index in [1.54, 1.807) is 23.9 Å². The summed E-state index contributed by atoms with van der Waals surface area (Å²) in [4.78, 5) is 13.0. The van der Waals surface area contributed by atoms with Crippen LogP contribution in [0.3, 0.4) is 0 Å². The van der Waals surface area contributed by atoms with E-state index in [2.05, 4.69) is 11.9 Å². The van der Waals surface area contributed by atoms with E-state index in [9.17, 15) is 18.0 Å². The first kappa shape index (κ1) is 18.1. The van der Waals surface area contributed by atoms with E-state index >= 15 is 0 Å². The average Bonchev–Trinajstić information content (AvgIpc) is 2.53. The maximum atomic E-state index is 12.5. The smallest absolute Gasteiger partial charge is 0.325 e. The molecule has 1 N–H and O–H groups in total. The van der Waals surface area contributed by atoms with Gasteiger partial charge in [0.05, 0.1) is 17.7 Å². The van der Waals surface area contributed by atoms with Gasteiger partial charge in [-0.2, -0.15) is 13.2 Å². The first-order valence-corrected chi connectivity index (χ1v) is 8.17. The predicted octanol–water partition coefficient (Wildman–Crippen LogP) is 5.16. The molecule has 0 aliphatic carbocycles. The number of amides is 1. The van der Waals surface area contributed by atoms with E-state index in [0.29, 0.717) is 17.0 Å². The van der Waals surface area contributed by atoms with Crippen LogP contribution in [-0.2, 0) is 17.4 Å². The van der Waals surface area contributed by atoms with Crippen LogP contribution >= 0.6 is 11.8 Å². The Bertz CT molecular complexity index is 711. The molecule has 2 aromatic carbocycles. The van der Waals surface area contributed by atoms with Crippen molar-refractivity contribution in [2.45, 2.75) is 17.5 Å². The zero-order valence-corrected chi connectivity index (χ0v) is 13.6. The molecule has 0 aliphatic heterocycles. The van der Waals surface area contributed by atoms with E-state index in [1.807, 2.05) is 18.2 Å². The van der Waals surface area contributed by atoms with Crippen LogP contribution in [0.2, 0.25) is 0 Å². The molecule has 0 radical (unpaired) electrons. The van der Waals surface area contributed by atoms with Gasteiger partial charge in [-0.3, -0.25) is 4.79 Å². The highest BCUT2D eigenvalue weighted by molar-refractivity contribution is 7.99. The molecule has 6 heteroatoms. The van der Waals surface area contributed by atoms with Gasteiger partial charge in [-0.05, 0) is 29.8 Å². The summed E-state index contributed by atoms with van der Waals surface area (Å²) in [7, 11) is 0. The molecule has 24 heavy (non-hydrogen) atoms. The molecule has 0 saturated carbocycles. The predicted molar refractivity (Wildman–Crippen MR) is 91.1 cm³/mol. The van der Waals surface area contributed by atoms with Crippen molar-refractivity contribution in [1.29, 1.82) is 0 Å². The zero-order valence-electron chi connectivity index (χ0n) is 12.8. The first-order valence-electron chi connectivity index (χ1n) is 7.19. The lowest BCUT2D eigenvalue weighted by molar-refractivity contribution is -0.137. The Hall–Kier alpha value is -2.21. The third-order valence-electron chi connectivity index (χ3n) is 3.16. The number of thioether (sulfide) groups is 1. The third kappa shape index (κ3) is 5.16. The number of benzene rings is 2. The normalized spacial score (nSPS) is 11.1. The van der Waals surface area contributed by atoms with Crippen LogP contribution in [-0.4, -0.2) is 11.7 Å². The third-order valence-corrected chi connectivity index (χ3v) is 4.23. The highest BCUT2D eigenvalue weighted by Crippen LogP contribution is 2.29. The Morgan fingerprint density at radius 2 is 1.79 bits per heavy atom. The van der Waals surface area contributed by atoms with Crippen molar-refractivity contribution in [2.75, 3.05) is 11.1 Å². The van der Waals surface area contributed by atoms with Gasteiger partial charge in [0, 0.05) is 10.6 Å². The number of halogens is 3. The van der Waals surface area contributed by atoms with Crippen molar-refractivity contribution < 1.29 is 18.0 Å². The molecule has 1 amide bonds. The Kier molecular flexibility index (Phi) is 6.09. The van der Waals surface area contributed by atoms with Crippen molar-refractivity contribution in [3.8, 4) is 0 Å². The van der Waals surface area contributed by atoms with Gasteiger partial charge in [-0.25, -0.2) is 0 Å². The molecule has 0 aromatic heterocycles. The number of nitrogens with one attached hydrogen (secondary N) is 1. The molecule has 0 unspecified atom stereocenters. The standard InChI is InChI=1S/C18H16F3NOS/c1-2-11-24-16-6-4-3-5-15(16)22-17(23)12-13-7-9-14(10-8-13)18(19,20)21/h2-10H,1,11-12H2,(H,22,23). The summed E-state index contributed by atoms with van der Waals surface area (Å²) in [5.41, 5.74) is 0.482. The summed E-state index contributed by atoms with van der Waals surface area (Å²) in [6.45, 7) is 3.66. The minimum atomic E-state index is -4.37. The van der Waals surface area contributed by atoms with Crippen LogP contribution in [0.4, 0.5) is 18.9 Å². The molecule has 0 spiro atoms. The summed E-state index contributed by atoms with van der Waals surface area (Å²) >= 11 is 1.54. The highest BCUT2D eigenvalue weighted by Gasteiger charge is 2.29. The lowest BCUT2D eigenvalue weighted by Gasteiger charge is -2.11. The number of alkyl halides is 3. The molecule has 2 nitrogen and oxygen atoms in total. The molecule has 0 heterocycles. The molecule has 126 valence electrons. The maximum Gasteiger partial charge on any atom is 0.416 e. The Morgan fingerprint density at radius 1 is 1.12 bits per heavy atom. The molecular weight excluding hydrogens is 335 g/mol. The largest absolute Gasteiger partial charge is 0.416 e. The number of rotatable bonds is 6. The zero-order chi connectivity index (χ0) is 17.6. The monoisotopic (exact) mass is 351 g/mol. The van der Waals surface area contributed by atoms with Gasteiger partial charge in [0.25, 0.3) is 0 Å². The summed E-state index contributed by atoms with van der Waals surface area (Å²) in [6.07, 6.45) is -2.59.